The largest absolute Gasteiger partial charge is 0.376 e. The van der Waals surface area contributed by atoms with Gasteiger partial charge in [-0.3, -0.25) is 0 Å². The molecule has 1 N–H and O–H groups in total. The van der Waals surface area contributed by atoms with Crippen molar-refractivity contribution in [1.82, 2.24) is 5.32 Å². The van der Waals surface area contributed by atoms with Gasteiger partial charge in [-0.1, -0.05) is 34.6 Å². The van der Waals surface area contributed by atoms with Crippen LogP contribution < -0.4 is 5.32 Å². The van der Waals surface area contributed by atoms with Gasteiger partial charge >= 0.3 is 0 Å². The minimum atomic E-state index is 0.363. The summed E-state index contributed by atoms with van der Waals surface area (Å²) in [4.78, 5) is 0. The van der Waals surface area contributed by atoms with E-state index in [0.717, 1.165) is 19.7 Å². The third kappa shape index (κ3) is 7.03. The Morgan fingerprint density at radius 1 is 1.15 bits per heavy atom. The molecule has 0 rings (SSSR count). The smallest absolute Gasteiger partial charge is 0.0722 e. The van der Waals surface area contributed by atoms with Crippen LogP contribution in [0.25, 0.3) is 0 Å². The number of hydrogen-bond donors (Lipinski definition) is 1. The van der Waals surface area contributed by atoms with Gasteiger partial charge in [0.2, 0.25) is 0 Å². The molecule has 0 aromatic heterocycles. The molecule has 80 valence electrons. The molecule has 0 fully saturated rings. The van der Waals surface area contributed by atoms with Gasteiger partial charge in [-0.15, -0.1) is 0 Å². The van der Waals surface area contributed by atoms with E-state index in [1.54, 1.807) is 0 Å². The maximum absolute atomic E-state index is 5.80. The molecule has 0 heterocycles. The van der Waals surface area contributed by atoms with Crippen LogP contribution in [0.1, 0.15) is 34.6 Å². The third-order valence-corrected chi connectivity index (χ3v) is 1.98. The first kappa shape index (κ1) is 12.9. The highest BCUT2D eigenvalue weighted by Crippen LogP contribution is 2.07. The molecule has 2 nitrogen and oxygen atoms in total. The van der Waals surface area contributed by atoms with Crippen molar-refractivity contribution in [3.05, 3.63) is 0 Å². The SMILES string of the molecule is CCNCC(OCC(C)C)C(C)C. The molecule has 1 atom stereocenters. The van der Waals surface area contributed by atoms with Crippen LogP contribution >= 0.6 is 0 Å². The van der Waals surface area contributed by atoms with Gasteiger partial charge < -0.3 is 10.1 Å². The summed E-state index contributed by atoms with van der Waals surface area (Å²) >= 11 is 0. The first-order valence-electron chi connectivity index (χ1n) is 5.40. The van der Waals surface area contributed by atoms with E-state index in [1.807, 2.05) is 0 Å². The first-order chi connectivity index (χ1) is 6.07. The highest BCUT2D eigenvalue weighted by Gasteiger charge is 2.13. The molecule has 0 aliphatic rings. The standard InChI is InChI=1S/C11H25NO/c1-6-12-7-11(10(4)5)13-8-9(2)3/h9-12H,6-8H2,1-5H3. The van der Waals surface area contributed by atoms with Crippen LogP contribution in [0.5, 0.6) is 0 Å². The summed E-state index contributed by atoms with van der Waals surface area (Å²) in [5.74, 6) is 1.22. The van der Waals surface area contributed by atoms with E-state index in [1.165, 1.54) is 0 Å². The van der Waals surface area contributed by atoms with E-state index in [0.29, 0.717) is 17.9 Å². The summed E-state index contributed by atoms with van der Waals surface area (Å²) in [5, 5.41) is 3.33. The summed E-state index contributed by atoms with van der Waals surface area (Å²) in [6.45, 7) is 13.8. The van der Waals surface area contributed by atoms with Crippen LogP contribution in [-0.2, 0) is 4.74 Å². The highest BCUT2D eigenvalue weighted by atomic mass is 16.5. The van der Waals surface area contributed by atoms with Gasteiger partial charge in [-0.05, 0) is 18.4 Å². The Hall–Kier alpha value is -0.0800. The Labute approximate surface area is 83.1 Å². The molecule has 0 saturated carbocycles. The van der Waals surface area contributed by atoms with Crippen LogP contribution in [0.4, 0.5) is 0 Å². The van der Waals surface area contributed by atoms with Crippen molar-refractivity contribution in [3.8, 4) is 0 Å². The minimum Gasteiger partial charge on any atom is -0.376 e. The van der Waals surface area contributed by atoms with Crippen molar-refractivity contribution in [2.24, 2.45) is 11.8 Å². The van der Waals surface area contributed by atoms with Gasteiger partial charge in [0, 0.05) is 13.2 Å². The second-order valence-electron chi connectivity index (χ2n) is 4.32. The van der Waals surface area contributed by atoms with E-state index < -0.39 is 0 Å². The van der Waals surface area contributed by atoms with Crippen LogP contribution in [0.3, 0.4) is 0 Å². The Kier molecular flexibility index (Phi) is 7.29. The fourth-order valence-corrected chi connectivity index (χ4v) is 1.09. The number of likely N-dealkylation sites (N-methyl/N-ethyl adjacent to an activating group) is 1. The van der Waals surface area contributed by atoms with Crippen LogP contribution in [0, 0.1) is 11.8 Å². The second kappa shape index (κ2) is 7.34. The molecule has 0 radical (unpaired) electrons. The second-order valence-corrected chi connectivity index (χ2v) is 4.32. The van der Waals surface area contributed by atoms with Crippen molar-refractivity contribution in [3.63, 3.8) is 0 Å². The first-order valence-corrected chi connectivity index (χ1v) is 5.40. The molecule has 2 heteroatoms. The molecular formula is C11H25NO. The zero-order chi connectivity index (χ0) is 10.3. The summed E-state index contributed by atoms with van der Waals surface area (Å²) < 4.78 is 5.80. The Morgan fingerprint density at radius 2 is 1.77 bits per heavy atom. The number of rotatable bonds is 7. The van der Waals surface area contributed by atoms with Gasteiger partial charge in [0.25, 0.3) is 0 Å². The molecule has 0 spiro atoms. The summed E-state index contributed by atoms with van der Waals surface area (Å²) in [7, 11) is 0. The Morgan fingerprint density at radius 3 is 2.15 bits per heavy atom. The molecule has 0 aliphatic carbocycles. The summed E-state index contributed by atoms with van der Waals surface area (Å²) in [6, 6.07) is 0. The third-order valence-electron chi connectivity index (χ3n) is 1.98. The van der Waals surface area contributed by atoms with Gasteiger partial charge in [-0.2, -0.15) is 0 Å². The van der Waals surface area contributed by atoms with Crippen molar-refractivity contribution in [2.45, 2.75) is 40.7 Å². The lowest BCUT2D eigenvalue weighted by Gasteiger charge is -2.22. The number of ether oxygens (including phenoxy) is 1. The normalized spacial score (nSPS) is 14.1. The van der Waals surface area contributed by atoms with E-state index in [-0.39, 0.29) is 0 Å². The summed E-state index contributed by atoms with van der Waals surface area (Å²) in [5.41, 5.74) is 0. The topological polar surface area (TPSA) is 21.3 Å². The lowest BCUT2D eigenvalue weighted by molar-refractivity contribution is 0.00878. The van der Waals surface area contributed by atoms with E-state index in [2.05, 4.69) is 39.9 Å². The van der Waals surface area contributed by atoms with E-state index in [9.17, 15) is 0 Å². The quantitative estimate of drug-likeness (QED) is 0.660. The van der Waals surface area contributed by atoms with Crippen LogP contribution in [0.15, 0.2) is 0 Å². The van der Waals surface area contributed by atoms with E-state index in [4.69, 9.17) is 4.74 Å². The van der Waals surface area contributed by atoms with Crippen LogP contribution in [0.2, 0.25) is 0 Å². The molecule has 0 saturated heterocycles. The lowest BCUT2D eigenvalue weighted by Crippen LogP contribution is -2.33. The molecule has 0 amide bonds. The number of hydrogen-bond acceptors (Lipinski definition) is 2. The predicted octanol–water partition coefficient (Wildman–Crippen LogP) is 2.29. The molecule has 0 aromatic carbocycles. The van der Waals surface area contributed by atoms with Crippen LogP contribution in [-0.4, -0.2) is 25.8 Å². The van der Waals surface area contributed by atoms with Gasteiger partial charge in [-0.25, -0.2) is 0 Å². The lowest BCUT2D eigenvalue weighted by atomic mass is 10.1. The van der Waals surface area contributed by atoms with E-state index >= 15 is 0 Å². The molecule has 1 unspecified atom stereocenters. The summed E-state index contributed by atoms with van der Waals surface area (Å²) in [6.07, 6.45) is 0.363. The van der Waals surface area contributed by atoms with Crippen molar-refractivity contribution < 1.29 is 4.74 Å². The maximum atomic E-state index is 5.80. The average Bonchev–Trinajstić information content (AvgIpc) is 2.03. The molecular weight excluding hydrogens is 162 g/mol. The van der Waals surface area contributed by atoms with Gasteiger partial charge in [0.1, 0.15) is 0 Å². The molecule has 0 aromatic rings. The number of nitrogens with one attached hydrogen (secondary N) is 1. The minimum absolute atomic E-state index is 0.363. The van der Waals surface area contributed by atoms with Crippen molar-refractivity contribution >= 4 is 0 Å². The van der Waals surface area contributed by atoms with Gasteiger partial charge in [0.15, 0.2) is 0 Å². The van der Waals surface area contributed by atoms with Crippen molar-refractivity contribution in [2.75, 3.05) is 19.7 Å². The molecule has 0 aliphatic heterocycles. The maximum Gasteiger partial charge on any atom is 0.0722 e. The average molecular weight is 187 g/mol. The fraction of sp³-hybridized carbons (Fsp3) is 1.00. The monoisotopic (exact) mass is 187 g/mol. The zero-order valence-corrected chi connectivity index (χ0v) is 9.76. The predicted molar refractivity (Wildman–Crippen MR) is 58.0 cm³/mol. The Bertz CT molecular complexity index is 113. The zero-order valence-electron chi connectivity index (χ0n) is 9.76. The fourth-order valence-electron chi connectivity index (χ4n) is 1.09. The highest BCUT2D eigenvalue weighted by molar-refractivity contribution is 4.65. The molecule has 0 bridgehead atoms. The molecule has 13 heavy (non-hydrogen) atoms. The Balaban J connectivity index is 3.67. The van der Waals surface area contributed by atoms with Crippen molar-refractivity contribution in [1.29, 1.82) is 0 Å². The van der Waals surface area contributed by atoms with Gasteiger partial charge in [0.05, 0.1) is 6.10 Å².